The first-order chi connectivity index (χ1) is 19.1. The minimum absolute atomic E-state index is 0.0673. The maximum absolute atomic E-state index is 13.6. The van der Waals surface area contributed by atoms with Crippen molar-refractivity contribution in [1.82, 2.24) is 24.3 Å². The third-order valence-electron chi connectivity index (χ3n) is 6.53. The third kappa shape index (κ3) is 6.04. The molecule has 1 N–H and O–H groups in total. The molecule has 0 spiro atoms. The van der Waals surface area contributed by atoms with E-state index in [1.807, 2.05) is 4.90 Å². The van der Waals surface area contributed by atoms with E-state index in [2.05, 4.69) is 20.2 Å². The molecular weight excluding hydrogens is 532 g/mol. The molecule has 5 rings (SSSR count). The maximum atomic E-state index is 13.6. The van der Waals surface area contributed by atoms with Crippen molar-refractivity contribution in [2.24, 2.45) is 0 Å². The molecule has 1 fully saturated rings. The van der Waals surface area contributed by atoms with Gasteiger partial charge in [-0.3, -0.25) is 14.3 Å². The number of benzene rings is 2. The number of alkyl halides is 3. The minimum Gasteiger partial charge on any atom is -0.439 e. The van der Waals surface area contributed by atoms with Crippen LogP contribution in [0.2, 0.25) is 0 Å². The van der Waals surface area contributed by atoms with Crippen LogP contribution in [0.4, 0.5) is 28.0 Å². The van der Waals surface area contributed by atoms with Gasteiger partial charge >= 0.3 is 12.2 Å². The lowest BCUT2D eigenvalue weighted by Crippen LogP contribution is -2.47. The lowest BCUT2D eigenvalue weighted by molar-refractivity contribution is -0.140. The molecule has 2 aromatic carbocycles. The molecule has 0 atom stereocenters. The van der Waals surface area contributed by atoms with Crippen LogP contribution < -0.4 is 10.1 Å². The van der Waals surface area contributed by atoms with Gasteiger partial charge in [-0.15, -0.1) is 0 Å². The second kappa shape index (κ2) is 10.9. The molecular formula is C27H24F4N6O3. The molecule has 0 bridgehead atoms. The van der Waals surface area contributed by atoms with E-state index in [-0.39, 0.29) is 11.6 Å². The van der Waals surface area contributed by atoms with Crippen molar-refractivity contribution in [3.63, 3.8) is 0 Å². The largest absolute Gasteiger partial charge is 0.439 e. The Labute approximate surface area is 226 Å². The van der Waals surface area contributed by atoms with Crippen LogP contribution in [0.15, 0.2) is 61.1 Å². The molecule has 3 heterocycles. The highest BCUT2D eigenvalue weighted by Gasteiger charge is 2.34. The van der Waals surface area contributed by atoms with Crippen LogP contribution in [-0.2, 0) is 17.5 Å². The summed E-state index contributed by atoms with van der Waals surface area (Å²) in [6, 6.07) is 9.89. The van der Waals surface area contributed by atoms with E-state index in [1.54, 1.807) is 37.3 Å². The molecule has 0 radical (unpaired) electrons. The zero-order valence-corrected chi connectivity index (χ0v) is 21.3. The number of amides is 2. The fraction of sp³-hybridized carbons (Fsp3) is 0.259. The Bertz CT molecular complexity index is 1560. The average Bonchev–Trinajstić information content (AvgIpc) is 3.33. The molecule has 1 saturated heterocycles. The first-order valence-electron chi connectivity index (χ1n) is 12.3. The van der Waals surface area contributed by atoms with Crippen molar-refractivity contribution in [2.45, 2.75) is 19.6 Å². The van der Waals surface area contributed by atoms with Gasteiger partial charge in [0.05, 0.1) is 16.8 Å². The first-order valence-corrected chi connectivity index (χ1v) is 12.3. The van der Waals surface area contributed by atoms with E-state index in [9.17, 15) is 27.2 Å². The van der Waals surface area contributed by atoms with Gasteiger partial charge in [0.15, 0.2) is 0 Å². The number of anilines is 1. The van der Waals surface area contributed by atoms with Gasteiger partial charge in [-0.1, -0.05) is 0 Å². The smallest absolute Gasteiger partial charge is 0.419 e. The zero-order valence-electron chi connectivity index (χ0n) is 21.3. The zero-order chi connectivity index (χ0) is 28.4. The number of nitrogens with one attached hydrogen (secondary N) is 1. The second-order valence-electron chi connectivity index (χ2n) is 9.26. The number of aromatic nitrogens is 3. The number of carbonyl (C=O) groups is 2. The summed E-state index contributed by atoms with van der Waals surface area (Å²) in [5.74, 6) is -0.565. The Morgan fingerprint density at radius 3 is 2.50 bits per heavy atom. The first kappa shape index (κ1) is 27.1. The fourth-order valence-electron chi connectivity index (χ4n) is 4.46. The van der Waals surface area contributed by atoms with Gasteiger partial charge in [0.1, 0.15) is 17.9 Å². The number of nitrogens with zero attached hydrogens (tertiary/aromatic N) is 5. The SMILES string of the molecule is CC(=O)N1CCN(Cc2cc(Oc3ccc4c(ccn4C(=O)Nc4ccc(F)c(C(F)(F)F)c4)c3)ncn2)CC1. The summed E-state index contributed by atoms with van der Waals surface area (Å²) in [4.78, 5) is 36.8. The number of rotatable bonds is 5. The Morgan fingerprint density at radius 2 is 1.77 bits per heavy atom. The van der Waals surface area contributed by atoms with Gasteiger partial charge in [-0.05, 0) is 42.5 Å². The average molecular weight is 557 g/mol. The number of halogens is 4. The van der Waals surface area contributed by atoms with Crippen LogP contribution in [-0.4, -0.2) is 62.5 Å². The number of carbonyl (C=O) groups excluding carboxylic acids is 2. The number of ether oxygens (including phenoxy) is 1. The van der Waals surface area contributed by atoms with Gasteiger partial charge < -0.3 is 15.0 Å². The van der Waals surface area contributed by atoms with Crippen molar-refractivity contribution in [3.8, 4) is 11.6 Å². The lowest BCUT2D eigenvalue weighted by Gasteiger charge is -2.33. The number of fused-ring (bicyclic) bond motifs is 1. The van der Waals surface area contributed by atoms with Crippen molar-refractivity contribution in [1.29, 1.82) is 0 Å². The van der Waals surface area contributed by atoms with E-state index in [1.165, 1.54) is 17.1 Å². The molecule has 1 aliphatic heterocycles. The van der Waals surface area contributed by atoms with E-state index < -0.39 is 23.6 Å². The predicted octanol–water partition coefficient (Wildman–Crippen LogP) is 5.13. The molecule has 0 saturated carbocycles. The highest BCUT2D eigenvalue weighted by Crippen LogP contribution is 2.33. The van der Waals surface area contributed by atoms with Crippen LogP contribution in [0.1, 0.15) is 18.2 Å². The van der Waals surface area contributed by atoms with Crippen LogP contribution in [0, 0.1) is 5.82 Å². The van der Waals surface area contributed by atoms with E-state index in [0.29, 0.717) is 54.3 Å². The van der Waals surface area contributed by atoms with Gasteiger partial charge in [-0.2, -0.15) is 13.2 Å². The molecule has 2 amide bonds. The quantitative estimate of drug-likeness (QED) is 0.343. The number of piperazine rings is 1. The number of hydrogen-bond donors (Lipinski definition) is 1. The topological polar surface area (TPSA) is 92.6 Å². The van der Waals surface area contributed by atoms with E-state index in [4.69, 9.17) is 4.74 Å². The second-order valence-corrected chi connectivity index (χ2v) is 9.26. The number of hydrogen-bond acceptors (Lipinski definition) is 6. The Balaban J connectivity index is 1.25. The molecule has 0 aliphatic carbocycles. The van der Waals surface area contributed by atoms with Gasteiger partial charge in [0.25, 0.3) is 0 Å². The van der Waals surface area contributed by atoms with Gasteiger partial charge in [0.2, 0.25) is 11.8 Å². The van der Waals surface area contributed by atoms with Crippen LogP contribution in [0.3, 0.4) is 0 Å². The Hall–Kier alpha value is -4.52. The summed E-state index contributed by atoms with van der Waals surface area (Å²) in [5.41, 5.74) is -0.413. The van der Waals surface area contributed by atoms with Gasteiger partial charge in [0, 0.05) is 63.0 Å². The maximum Gasteiger partial charge on any atom is 0.419 e. The predicted molar refractivity (Wildman–Crippen MR) is 137 cm³/mol. The standard InChI is InChI=1S/C27H24F4N6O3/c1-17(38)36-10-8-35(9-11-36)15-20-14-25(33-16-32-20)40-21-3-5-24-18(12-21)6-7-37(24)26(39)34-19-2-4-23(28)22(13-19)27(29,30)31/h2-7,12-14,16H,8-11,15H2,1H3,(H,34,39). The van der Waals surface area contributed by atoms with Crippen molar-refractivity contribution in [2.75, 3.05) is 31.5 Å². The summed E-state index contributed by atoms with van der Waals surface area (Å²) >= 11 is 0. The van der Waals surface area contributed by atoms with E-state index in [0.717, 1.165) is 24.8 Å². The molecule has 4 aromatic rings. The molecule has 2 aromatic heterocycles. The molecule has 0 unspecified atom stereocenters. The Kier molecular flexibility index (Phi) is 7.39. The molecule has 40 heavy (non-hydrogen) atoms. The van der Waals surface area contributed by atoms with Crippen LogP contribution in [0.5, 0.6) is 11.6 Å². The molecule has 1 aliphatic rings. The summed E-state index contributed by atoms with van der Waals surface area (Å²) in [5, 5.41) is 3.00. The molecule has 208 valence electrons. The monoisotopic (exact) mass is 556 g/mol. The summed E-state index contributed by atoms with van der Waals surface area (Å²) in [7, 11) is 0. The van der Waals surface area contributed by atoms with Crippen molar-refractivity contribution < 1.29 is 31.9 Å². The van der Waals surface area contributed by atoms with Crippen molar-refractivity contribution >= 4 is 28.5 Å². The summed E-state index contributed by atoms with van der Waals surface area (Å²) in [6.45, 7) is 4.96. The minimum atomic E-state index is -4.89. The summed E-state index contributed by atoms with van der Waals surface area (Å²) < 4.78 is 59.8. The highest BCUT2D eigenvalue weighted by molar-refractivity contribution is 5.98. The molecule has 13 heteroatoms. The van der Waals surface area contributed by atoms with Gasteiger partial charge in [-0.25, -0.2) is 19.2 Å². The van der Waals surface area contributed by atoms with E-state index >= 15 is 0 Å². The highest BCUT2D eigenvalue weighted by atomic mass is 19.4. The summed E-state index contributed by atoms with van der Waals surface area (Å²) in [6.07, 6.45) is -2.01. The van der Waals surface area contributed by atoms with Crippen LogP contribution >= 0.6 is 0 Å². The fourth-order valence-corrected chi connectivity index (χ4v) is 4.46. The molecule has 9 nitrogen and oxygen atoms in total. The van der Waals surface area contributed by atoms with Crippen LogP contribution in [0.25, 0.3) is 10.9 Å². The lowest BCUT2D eigenvalue weighted by atomic mass is 10.2. The third-order valence-corrected chi connectivity index (χ3v) is 6.53. The van der Waals surface area contributed by atoms with Crippen molar-refractivity contribution in [3.05, 3.63) is 78.1 Å². The normalized spacial score (nSPS) is 14.4. The Morgan fingerprint density at radius 1 is 1.00 bits per heavy atom.